The minimum Gasteiger partial charge on any atom is -0.357 e. The van der Waals surface area contributed by atoms with E-state index in [1.807, 2.05) is 20.0 Å². The van der Waals surface area contributed by atoms with Gasteiger partial charge in [-0.2, -0.15) is 5.10 Å². The van der Waals surface area contributed by atoms with Gasteiger partial charge in [0.05, 0.1) is 3.57 Å². The zero-order valence-electron chi connectivity index (χ0n) is 6.92. The number of halogens is 2. The number of rotatable bonds is 3. The molecule has 12 heavy (non-hydrogen) atoms. The Balaban J connectivity index is 2.74. The molecule has 68 valence electrons. The average molecular weight is 345 g/mol. The first kappa shape index (κ1) is 10.5. The van der Waals surface area contributed by atoms with Gasteiger partial charge in [-0.25, -0.2) is 4.68 Å². The highest BCUT2D eigenvalue weighted by molar-refractivity contribution is 14.1. The van der Waals surface area contributed by atoms with Crippen LogP contribution in [0.15, 0.2) is 10.8 Å². The normalized spacial score (nSPS) is 13.3. The molecule has 3 nitrogen and oxygen atoms in total. The fourth-order valence-electron chi connectivity index (χ4n) is 0.851. The lowest BCUT2D eigenvalue weighted by Crippen LogP contribution is -2.09. The van der Waals surface area contributed by atoms with Crippen molar-refractivity contribution in [2.24, 2.45) is 0 Å². The molecule has 1 atom stereocenters. The molecule has 0 bridgehead atoms. The van der Waals surface area contributed by atoms with Gasteiger partial charge in [-0.15, -0.1) is 0 Å². The van der Waals surface area contributed by atoms with E-state index in [4.69, 9.17) is 4.74 Å². The first-order chi connectivity index (χ1) is 5.65. The summed E-state index contributed by atoms with van der Waals surface area (Å²) in [7, 11) is 0. The summed E-state index contributed by atoms with van der Waals surface area (Å²) in [6, 6.07) is 0. The molecule has 1 aromatic heterocycles. The van der Waals surface area contributed by atoms with Crippen LogP contribution in [0.3, 0.4) is 0 Å². The molecule has 0 saturated heterocycles. The Morgan fingerprint density at radius 3 is 2.92 bits per heavy atom. The molecule has 1 unspecified atom stereocenters. The van der Waals surface area contributed by atoms with Crippen LogP contribution in [0.25, 0.3) is 0 Å². The summed E-state index contributed by atoms with van der Waals surface area (Å²) in [5.41, 5.74) is 0. The number of hydrogen-bond donors (Lipinski definition) is 0. The highest BCUT2D eigenvalue weighted by Gasteiger charge is 2.08. The van der Waals surface area contributed by atoms with Gasteiger partial charge >= 0.3 is 0 Å². The third-order valence-corrected chi connectivity index (χ3v) is 3.54. The van der Waals surface area contributed by atoms with Crippen LogP contribution >= 0.6 is 38.5 Å². The van der Waals surface area contributed by atoms with Crippen LogP contribution < -0.4 is 0 Å². The monoisotopic (exact) mass is 344 g/mol. The van der Waals surface area contributed by atoms with Gasteiger partial charge in [-0.05, 0) is 52.4 Å². The van der Waals surface area contributed by atoms with Crippen molar-refractivity contribution in [1.82, 2.24) is 9.78 Å². The summed E-state index contributed by atoms with van der Waals surface area (Å²) < 4.78 is 9.14. The van der Waals surface area contributed by atoms with E-state index in [1.54, 1.807) is 4.68 Å². The Morgan fingerprint density at radius 2 is 2.50 bits per heavy atom. The molecular weight excluding hydrogens is 335 g/mol. The van der Waals surface area contributed by atoms with Gasteiger partial charge in [-0.1, -0.05) is 0 Å². The second kappa shape index (κ2) is 4.57. The summed E-state index contributed by atoms with van der Waals surface area (Å²) in [6.07, 6.45) is 1.96. The minimum absolute atomic E-state index is 0.00909. The van der Waals surface area contributed by atoms with E-state index in [0.717, 1.165) is 8.17 Å². The molecule has 5 heteroatoms. The van der Waals surface area contributed by atoms with E-state index in [9.17, 15) is 0 Å². The van der Waals surface area contributed by atoms with E-state index in [-0.39, 0.29) is 6.23 Å². The maximum absolute atomic E-state index is 5.37. The minimum atomic E-state index is 0.00909. The molecule has 0 aliphatic carbocycles. The smallest absolute Gasteiger partial charge is 0.147 e. The van der Waals surface area contributed by atoms with Gasteiger partial charge in [0.15, 0.2) is 0 Å². The van der Waals surface area contributed by atoms with Crippen molar-refractivity contribution in [1.29, 1.82) is 0 Å². The molecule has 0 N–H and O–H groups in total. The third-order valence-electron chi connectivity index (χ3n) is 1.43. The van der Waals surface area contributed by atoms with Crippen LogP contribution in [0.5, 0.6) is 0 Å². The largest absolute Gasteiger partial charge is 0.357 e. The Labute approximate surface area is 93.7 Å². The summed E-state index contributed by atoms with van der Waals surface area (Å²) >= 11 is 5.56. The van der Waals surface area contributed by atoms with Gasteiger partial charge in [0.1, 0.15) is 10.8 Å². The predicted molar refractivity (Wildman–Crippen MR) is 59.0 cm³/mol. The van der Waals surface area contributed by atoms with Crippen LogP contribution in [0.1, 0.15) is 20.1 Å². The molecule has 0 amide bonds. The number of aromatic nitrogens is 2. The van der Waals surface area contributed by atoms with Crippen molar-refractivity contribution in [2.75, 3.05) is 6.61 Å². The van der Waals surface area contributed by atoms with Gasteiger partial charge in [0.25, 0.3) is 0 Å². The summed E-state index contributed by atoms with van der Waals surface area (Å²) in [5.74, 6) is 0. The van der Waals surface area contributed by atoms with Gasteiger partial charge in [0, 0.05) is 12.8 Å². The van der Waals surface area contributed by atoms with E-state index in [0.29, 0.717) is 6.61 Å². The van der Waals surface area contributed by atoms with Crippen molar-refractivity contribution < 1.29 is 4.74 Å². The number of ether oxygens (including phenoxy) is 1. The topological polar surface area (TPSA) is 27.1 Å². The molecule has 1 heterocycles. The maximum atomic E-state index is 5.37. The zero-order chi connectivity index (χ0) is 9.14. The molecule has 1 aromatic rings. The van der Waals surface area contributed by atoms with Crippen molar-refractivity contribution in [3.05, 3.63) is 14.4 Å². The van der Waals surface area contributed by atoms with E-state index < -0.39 is 0 Å². The third kappa shape index (κ3) is 2.43. The lowest BCUT2D eigenvalue weighted by molar-refractivity contribution is 0.0157. The molecule has 0 aromatic carbocycles. The molecule has 1 rings (SSSR count). The van der Waals surface area contributed by atoms with Crippen molar-refractivity contribution in [3.8, 4) is 0 Å². The van der Waals surface area contributed by atoms with Crippen molar-refractivity contribution >= 4 is 38.5 Å². The Hall–Kier alpha value is 0.380. The fraction of sp³-hybridized carbons (Fsp3) is 0.571. The van der Waals surface area contributed by atoms with E-state index in [2.05, 4.69) is 43.6 Å². The van der Waals surface area contributed by atoms with Crippen LogP contribution in [-0.2, 0) is 4.74 Å². The molecule has 0 aliphatic heterocycles. The average Bonchev–Trinajstić information content (AvgIpc) is 2.33. The summed E-state index contributed by atoms with van der Waals surface area (Å²) in [5, 5.41) is 4.23. The summed E-state index contributed by atoms with van der Waals surface area (Å²) in [4.78, 5) is 0. The first-order valence-electron chi connectivity index (χ1n) is 3.67. The Kier molecular flexibility index (Phi) is 3.98. The number of nitrogens with zero attached hydrogens (tertiary/aromatic N) is 2. The molecule has 0 saturated carbocycles. The Bertz CT molecular complexity index is 244. The summed E-state index contributed by atoms with van der Waals surface area (Å²) in [6.45, 7) is 4.65. The first-order valence-corrected chi connectivity index (χ1v) is 5.54. The van der Waals surface area contributed by atoms with Gasteiger partial charge < -0.3 is 4.74 Å². The van der Waals surface area contributed by atoms with E-state index in [1.165, 1.54) is 0 Å². The molecular formula is C7H10BrIN2O. The van der Waals surface area contributed by atoms with Crippen LogP contribution in [0.2, 0.25) is 0 Å². The lowest BCUT2D eigenvalue weighted by atomic mass is 10.6. The van der Waals surface area contributed by atoms with Crippen LogP contribution in [0, 0.1) is 3.57 Å². The van der Waals surface area contributed by atoms with Crippen molar-refractivity contribution in [2.45, 2.75) is 20.1 Å². The van der Waals surface area contributed by atoms with Crippen LogP contribution in [-0.4, -0.2) is 16.4 Å². The highest BCUT2D eigenvalue weighted by atomic mass is 127. The Morgan fingerprint density at radius 1 is 1.83 bits per heavy atom. The lowest BCUT2D eigenvalue weighted by Gasteiger charge is -2.10. The van der Waals surface area contributed by atoms with E-state index >= 15 is 0 Å². The second-order valence-electron chi connectivity index (χ2n) is 2.30. The molecule has 0 fully saturated rings. The molecule has 0 spiro atoms. The van der Waals surface area contributed by atoms with Gasteiger partial charge in [0.2, 0.25) is 0 Å². The number of hydrogen-bond acceptors (Lipinski definition) is 2. The van der Waals surface area contributed by atoms with Gasteiger partial charge in [-0.3, -0.25) is 0 Å². The predicted octanol–water partition coefficient (Wildman–Crippen LogP) is 2.81. The quantitative estimate of drug-likeness (QED) is 0.788. The second-order valence-corrected chi connectivity index (χ2v) is 4.22. The fourth-order valence-corrected chi connectivity index (χ4v) is 1.53. The molecule has 0 aliphatic rings. The highest BCUT2D eigenvalue weighted by Crippen LogP contribution is 2.18. The molecule has 0 radical (unpaired) electrons. The zero-order valence-corrected chi connectivity index (χ0v) is 10.7. The maximum Gasteiger partial charge on any atom is 0.147 e. The standard InChI is InChI=1S/C7H10BrIN2O/c1-3-12-5(2)11-4-6(9)7(8)10-11/h4-5H,3H2,1-2H3. The van der Waals surface area contributed by atoms with Crippen LogP contribution in [0.4, 0.5) is 0 Å². The SMILES string of the molecule is CCOC(C)n1cc(I)c(Br)n1. The van der Waals surface area contributed by atoms with Crippen molar-refractivity contribution in [3.63, 3.8) is 0 Å².